The summed E-state index contributed by atoms with van der Waals surface area (Å²) in [4.78, 5) is 2.54. The number of unbranched alkanes of at least 4 members (excludes halogenated alkanes) is 1. The summed E-state index contributed by atoms with van der Waals surface area (Å²) in [5, 5.41) is 0. The van der Waals surface area contributed by atoms with Gasteiger partial charge in [0.2, 0.25) is 0 Å². The van der Waals surface area contributed by atoms with Crippen molar-refractivity contribution in [1.29, 1.82) is 0 Å². The van der Waals surface area contributed by atoms with Gasteiger partial charge < -0.3 is 5.73 Å². The molecule has 0 heterocycles. The molecule has 0 radical (unpaired) electrons. The van der Waals surface area contributed by atoms with Gasteiger partial charge in [0.25, 0.3) is 0 Å². The summed E-state index contributed by atoms with van der Waals surface area (Å²) in [6.07, 6.45) is 3.49. The predicted molar refractivity (Wildman–Crippen MR) is 84.3 cm³/mol. The van der Waals surface area contributed by atoms with Crippen molar-refractivity contribution in [1.82, 2.24) is 4.90 Å². The van der Waals surface area contributed by atoms with E-state index in [0.717, 1.165) is 19.5 Å². The topological polar surface area (TPSA) is 29.3 Å². The highest BCUT2D eigenvalue weighted by Gasteiger charge is 2.25. The minimum atomic E-state index is 0.206. The molecule has 2 atom stereocenters. The minimum Gasteiger partial charge on any atom is -0.326 e. The van der Waals surface area contributed by atoms with Crippen LogP contribution in [-0.4, -0.2) is 24.0 Å². The van der Waals surface area contributed by atoms with Crippen LogP contribution in [0.15, 0.2) is 24.3 Å². The lowest BCUT2D eigenvalue weighted by Crippen LogP contribution is -2.41. The summed E-state index contributed by atoms with van der Waals surface area (Å²) < 4.78 is 0. The van der Waals surface area contributed by atoms with Crippen molar-refractivity contribution in [2.24, 2.45) is 5.73 Å². The lowest BCUT2D eigenvalue weighted by Gasteiger charge is -2.36. The van der Waals surface area contributed by atoms with E-state index in [1.165, 1.54) is 24.0 Å². The molecule has 2 nitrogen and oxygen atoms in total. The van der Waals surface area contributed by atoms with Crippen LogP contribution in [0.2, 0.25) is 0 Å². The Morgan fingerprint density at radius 2 is 1.84 bits per heavy atom. The molecule has 2 heteroatoms. The van der Waals surface area contributed by atoms with Gasteiger partial charge in [-0.2, -0.15) is 0 Å². The molecule has 1 aromatic rings. The van der Waals surface area contributed by atoms with Gasteiger partial charge in [0.1, 0.15) is 0 Å². The van der Waals surface area contributed by atoms with Crippen molar-refractivity contribution in [3.05, 3.63) is 35.4 Å². The highest BCUT2D eigenvalue weighted by atomic mass is 15.2. The zero-order valence-electron chi connectivity index (χ0n) is 13.0. The second kappa shape index (κ2) is 8.34. The molecular formula is C17H30N2. The Bertz CT molecular complexity index is 362. The number of likely N-dealkylation sites (N-methyl/N-ethyl adjacent to an activating group) is 1. The smallest absolute Gasteiger partial charge is 0.0501 e. The van der Waals surface area contributed by atoms with Gasteiger partial charge in [0, 0.05) is 6.04 Å². The number of hydrogen-bond donors (Lipinski definition) is 1. The second-order valence-corrected chi connectivity index (χ2v) is 5.36. The Labute approximate surface area is 119 Å². The number of nitrogens with zero attached hydrogens (tertiary/aromatic N) is 1. The molecule has 19 heavy (non-hydrogen) atoms. The van der Waals surface area contributed by atoms with Crippen LogP contribution in [0.1, 0.15) is 57.2 Å². The van der Waals surface area contributed by atoms with Crippen LogP contribution in [0.4, 0.5) is 0 Å². The third kappa shape index (κ3) is 4.32. The monoisotopic (exact) mass is 262 g/mol. The van der Waals surface area contributed by atoms with Gasteiger partial charge in [-0.1, -0.05) is 51.5 Å². The van der Waals surface area contributed by atoms with Crippen LogP contribution in [0.3, 0.4) is 0 Å². The number of nitrogens with two attached hydrogens (primary N) is 1. The average Bonchev–Trinajstić information content (AvgIpc) is 2.44. The molecule has 2 N–H and O–H groups in total. The fourth-order valence-electron chi connectivity index (χ4n) is 2.70. The van der Waals surface area contributed by atoms with Crippen molar-refractivity contribution in [3.63, 3.8) is 0 Å². The van der Waals surface area contributed by atoms with Crippen molar-refractivity contribution in [2.45, 2.75) is 59.0 Å². The molecule has 0 spiro atoms. The Balaban J connectivity index is 3.03. The van der Waals surface area contributed by atoms with Gasteiger partial charge in [0.05, 0.1) is 6.04 Å². The van der Waals surface area contributed by atoms with Gasteiger partial charge in [-0.25, -0.2) is 0 Å². The average molecular weight is 262 g/mol. The zero-order chi connectivity index (χ0) is 14.3. The van der Waals surface area contributed by atoms with Gasteiger partial charge in [-0.05, 0) is 44.0 Å². The van der Waals surface area contributed by atoms with E-state index in [1.54, 1.807) is 0 Å². The SMILES string of the molecule is CCCCN(CC)C(c1ccccc1C)C(N)CC. The first-order valence-corrected chi connectivity index (χ1v) is 7.70. The van der Waals surface area contributed by atoms with E-state index in [9.17, 15) is 0 Å². The van der Waals surface area contributed by atoms with E-state index in [4.69, 9.17) is 5.73 Å². The molecule has 0 aliphatic carbocycles. The molecule has 0 aliphatic heterocycles. The highest BCUT2D eigenvalue weighted by Crippen LogP contribution is 2.27. The summed E-state index contributed by atoms with van der Waals surface area (Å²) in [6.45, 7) is 11.1. The van der Waals surface area contributed by atoms with Crippen LogP contribution in [-0.2, 0) is 0 Å². The van der Waals surface area contributed by atoms with Crippen LogP contribution in [0, 0.1) is 6.92 Å². The van der Waals surface area contributed by atoms with E-state index in [0.29, 0.717) is 6.04 Å². The number of hydrogen-bond acceptors (Lipinski definition) is 2. The molecule has 1 aromatic carbocycles. The van der Waals surface area contributed by atoms with E-state index in [2.05, 4.69) is 56.9 Å². The number of rotatable bonds is 8. The molecule has 0 amide bonds. The Hall–Kier alpha value is -0.860. The second-order valence-electron chi connectivity index (χ2n) is 5.36. The molecule has 1 rings (SSSR count). The quantitative estimate of drug-likeness (QED) is 0.770. The molecule has 0 saturated carbocycles. The molecule has 0 saturated heterocycles. The molecule has 0 aromatic heterocycles. The summed E-state index contributed by atoms with van der Waals surface area (Å²) in [5.74, 6) is 0. The highest BCUT2D eigenvalue weighted by molar-refractivity contribution is 5.30. The lowest BCUT2D eigenvalue weighted by molar-refractivity contribution is 0.175. The van der Waals surface area contributed by atoms with E-state index in [-0.39, 0.29) is 6.04 Å². The Morgan fingerprint density at radius 3 is 2.37 bits per heavy atom. The normalized spacial score (nSPS) is 14.6. The molecule has 2 unspecified atom stereocenters. The summed E-state index contributed by atoms with van der Waals surface area (Å²) in [7, 11) is 0. The third-order valence-electron chi connectivity index (χ3n) is 3.98. The lowest BCUT2D eigenvalue weighted by atomic mass is 9.92. The Kier molecular flexibility index (Phi) is 7.11. The number of aryl methyl sites for hydroxylation is 1. The first-order chi connectivity index (χ1) is 9.15. The molecule has 0 aliphatic rings. The number of benzene rings is 1. The molecule has 0 fully saturated rings. The van der Waals surface area contributed by atoms with Crippen LogP contribution in [0.25, 0.3) is 0 Å². The van der Waals surface area contributed by atoms with Crippen molar-refractivity contribution in [3.8, 4) is 0 Å². The van der Waals surface area contributed by atoms with Gasteiger partial charge in [0.15, 0.2) is 0 Å². The first-order valence-electron chi connectivity index (χ1n) is 7.70. The zero-order valence-corrected chi connectivity index (χ0v) is 13.0. The molecular weight excluding hydrogens is 232 g/mol. The molecule has 0 bridgehead atoms. The largest absolute Gasteiger partial charge is 0.326 e. The summed E-state index contributed by atoms with van der Waals surface area (Å²) in [6, 6.07) is 9.23. The van der Waals surface area contributed by atoms with Gasteiger partial charge in [-0.15, -0.1) is 0 Å². The van der Waals surface area contributed by atoms with E-state index < -0.39 is 0 Å². The predicted octanol–water partition coefficient (Wildman–Crippen LogP) is 3.90. The maximum Gasteiger partial charge on any atom is 0.0501 e. The van der Waals surface area contributed by atoms with Gasteiger partial charge in [-0.3, -0.25) is 4.90 Å². The van der Waals surface area contributed by atoms with Crippen molar-refractivity contribution in [2.75, 3.05) is 13.1 Å². The fraction of sp³-hybridized carbons (Fsp3) is 0.647. The standard InChI is InChI=1S/C17H30N2/c1-5-8-13-19(7-3)17(16(18)6-2)15-12-10-9-11-14(15)4/h9-12,16-17H,5-8,13,18H2,1-4H3. The van der Waals surface area contributed by atoms with Crippen molar-refractivity contribution >= 4 is 0 Å². The van der Waals surface area contributed by atoms with Gasteiger partial charge >= 0.3 is 0 Å². The Morgan fingerprint density at radius 1 is 1.16 bits per heavy atom. The van der Waals surface area contributed by atoms with Crippen LogP contribution >= 0.6 is 0 Å². The summed E-state index contributed by atoms with van der Waals surface area (Å²) in [5.41, 5.74) is 9.18. The maximum absolute atomic E-state index is 6.42. The van der Waals surface area contributed by atoms with E-state index in [1.807, 2.05) is 0 Å². The first kappa shape index (κ1) is 16.2. The van der Waals surface area contributed by atoms with Crippen LogP contribution in [0.5, 0.6) is 0 Å². The van der Waals surface area contributed by atoms with Crippen molar-refractivity contribution < 1.29 is 0 Å². The summed E-state index contributed by atoms with van der Waals surface area (Å²) >= 11 is 0. The fourth-order valence-corrected chi connectivity index (χ4v) is 2.70. The molecule has 108 valence electrons. The maximum atomic E-state index is 6.42. The minimum absolute atomic E-state index is 0.206. The third-order valence-corrected chi connectivity index (χ3v) is 3.98. The van der Waals surface area contributed by atoms with E-state index >= 15 is 0 Å². The van der Waals surface area contributed by atoms with Crippen LogP contribution < -0.4 is 5.73 Å².